The van der Waals surface area contributed by atoms with Gasteiger partial charge in [-0.25, -0.2) is 8.78 Å². The van der Waals surface area contributed by atoms with E-state index in [1.165, 1.54) is 12.1 Å². The number of hydrogen-bond acceptors (Lipinski definition) is 2. The molecule has 0 amide bonds. The molecule has 2 nitrogen and oxygen atoms in total. The van der Waals surface area contributed by atoms with Crippen molar-refractivity contribution in [2.75, 3.05) is 6.61 Å². The van der Waals surface area contributed by atoms with E-state index in [2.05, 4.69) is 0 Å². The van der Waals surface area contributed by atoms with Crippen LogP contribution in [-0.4, -0.2) is 12.9 Å². The lowest BCUT2D eigenvalue weighted by Gasteiger charge is -2.23. The summed E-state index contributed by atoms with van der Waals surface area (Å²) in [5, 5.41) is 0. The first kappa shape index (κ1) is 12.0. The van der Waals surface area contributed by atoms with E-state index in [0.29, 0.717) is 6.61 Å². The summed E-state index contributed by atoms with van der Waals surface area (Å²) >= 11 is 1.62. The van der Waals surface area contributed by atoms with Gasteiger partial charge >= 0.3 is 0 Å². The van der Waals surface area contributed by atoms with Crippen LogP contribution in [0.1, 0.15) is 19.3 Å². The van der Waals surface area contributed by atoms with Crippen LogP contribution in [-0.2, 0) is 4.74 Å². The molecule has 1 heterocycles. The predicted molar refractivity (Wildman–Crippen MR) is 63.3 cm³/mol. The Bertz CT molecular complexity index is 355. The third kappa shape index (κ3) is 2.82. The first-order valence-electron chi connectivity index (χ1n) is 5.09. The first-order chi connectivity index (χ1) is 7.66. The SMILES string of the molecule is Fc1cc(OC2CCCCO2)cc(F)c1I. The molecule has 2 rings (SSSR count). The van der Waals surface area contributed by atoms with Gasteiger partial charge in [-0.1, -0.05) is 0 Å². The van der Waals surface area contributed by atoms with Gasteiger partial charge in [0.2, 0.25) is 0 Å². The van der Waals surface area contributed by atoms with Crippen molar-refractivity contribution in [2.24, 2.45) is 0 Å². The van der Waals surface area contributed by atoms with Gasteiger partial charge in [0.25, 0.3) is 0 Å². The van der Waals surface area contributed by atoms with E-state index in [9.17, 15) is 8.78 Å². The zero-order chi connectivity index (χ0) is 11.5. The Morgan fingerprint density at radius 1 is 1.25 bits per heavy atom. The summed E-state index contributed by atoms with van der Waals surface area (Å²) in [7, 11) is 0. The highest BCUT2D eigenvalue weighted by atomic mass is 127. The second kappa shape index (κ2) is 5.27. The lowest BCUT2D eigenvalue weighted by atomic mass is 10.2. The summed E-state index contributed by atoms with van der Waals surface area (Å²) in [6.45, 7) is 0.639. The van der Waals surface area contributed by atoms with Crippen molar-refractivity contribution < 1.29 is 18.3 Å². The standard InChI is InChI=1S/C11H11F2IO2/c12-8-5-7(6-9(13)11(8)14)16-10-3-1-2-4-15-10/h5-6,10H,1-4H2. The highest BCUT2D eigenvalue weighted by Crippen LogP contribution is 2.24. The number of benzene rings is 1. The molecule has 1 aliphatic heterocycles. The van der Waals surface area contributed by atoms with Crippen molar-refractivity contribution in [2.45, 2.75) is 25.6 Å². The highest BCUT2D eigenvalue weighted by molar-refractivity contribution is 14.1. The van der Waals surface area contributed by atoms with Crippen LogP contribution in [0.25, 0.3) is 0 Å². The van der Waals surface area contributed by atoms with Gasteiger partial charge in [0.1, 0.15) is 17.4 Å². The molecule has 1 aromatic carbocycles. The van der Waals surface area contributed by atoms with E-state index in [-0.39, 0.29) is 15.6 Å². The van der Waals surface area contributed by atoms with Crippen molar-refractivity contribution in [3.63, 3.8) is 0 Å². The van der Waals surface area contributed by atoms with Gasteiger partial charge in [0.05, 0.1) is 10.2 Å². The third-order valence-electron chi connectivity index (χ3n) is 2.36. The Balaban J connectivity index is 2.09. The molecule has 1 atom stereocenters. The Labute approximate surface area is 106 Å². The maximum Gasteiger partial charge on any atom is 0.199 e. The normalized spacial score (nSPS) is 20.8. The summed E-state index contributed by atoms with van der Waals surface area (Å²) < 4.78 is 37.1. The number of ether oxygens (including phenoxy) is 2. The minimum Gasteiger partial charge on any atom is -0.465 e. The van der Waals surface area contributed by atoms with Crippen LogP contribution in [0.2, 0.25) is 0 Å². The van der Waals surface area contributed by atoms with Crippen LogP contribution in [0.4, 0.5) is 8.78 Å². The molecule has 88 valence electrons. The maximum atomic E-state index is 13.2. The first-order valence-corrected chi connectivity index (χ1v) is 6.17. The molecule has 1 fully saturated rings. The Hall–Kier alpha value is -0.430. The molecule has 0 radical (unpaired) electrons. The molecule has 1 aromatic rings. The summed E-state index contributed by atoms with van der Waals surface area (Å²) in [4.78, 5) is 0. The van der Waals surface area contributed by atoms with Crippen LogP contribution < -0.4 is 4.74 Å². The summed E-state index contributed by atoms with van der Waals surface area (Å²) in [5.41, 5.74) is 0. The van der Waals surface area contributed by atoms with E-state index >= 15 is 0 Å². The lowest BCUT2D eigenvalue weighted by molar-refractivity contribution is -0.106. The quantitative estimate of drug-likeness (QED) is 0.606. The number of halogens is 3. The van der Waals surface area contributed by atoms with Crippen LogP contribution >= 0.6 is 22.6 Å². The fraction of sp³-hybridized carbons (Fsp3) is 0.455. The monoisotopic (exact) mass is 340 g/mol. The molecule has 0 aromatic heterocycles. The Kier molecular flexibility index (Phi) is 3.96. The maximum absolute atomic E-state index is 13.2. The average Bonchev–Trinajstić information content (AvgIpc) is 2.27. The molecule has 0 spiro atoms. The minimum atomic E-state index is -0.605. The van der Waals surface area contributed by atoms with Crippen LogP contribution in [0.3, 0.4) is 0 Å². The molecular formula is C11H11F2IO2. The summed E-state index contributed by atoms with van der Waals surface area (Å²) in [5.74, 6) is -1.03. The van der Waals surface area contributed by atoms with E-state index in [4.69, 9.17) is 9.47 Å². The summed E-state index contributed by atoms with van der Waals surface area (Å²) in [6, 6.07) is 2.37. The van der Waals surface area contributed by atoms with Crippen LogP contribution in [0.15, 0.2) is 12.1 Å². The van der Waals surface area contributed by atoms with Gasteiger partial charge in [0.15, 0.2) is 6.29 Å². The third-order valence-corrected chi connectivity index (χ3v) is 3.39. The topological polar surface area (TPSA) is 18.5 Å². The van der Waals surface area contributed by atoms with Gasteiger partial charge in [-0.3, -0.25) is 0 Å². The smallest absolute Gasteiger partial charge is 0.199 e. The molecule has 0 N–H and O–H groups in total. The minimum absolute atomic E-state index is 0.0190. The van der Waals surface area contributed by atoms with Crippen molar-refractivity contribution in [3.05, 3.63) is 27.3 Å². The van der Waals surface area contributed by atoms with E-state index in [1.807, 2.05) is 0 Å². The molecule has 0 saturated carbocycles. The van der Waals surface area contributed by atoms with Gasteiger partial charge in [-0.2, -0.15) is 0 Å². The highest BCUT2D eigenvalue weighted by Gasteiger charge is 2.17. The van der Waals surface area contributed by atoms with Crippen molar-refractivity contribution in [3.8, 4) is 5.75 Å². The fourth-order valence-electron chi connectivity index (χ4n) is 1.56. The molecule has 1 saturated heterocycles. The zero-order valence-corrected chi connectivity index (χ0v) is 10.7. The Morgan fingerprint density at radius 2 is 1.94 bits per heavy atom. The van der Waals surface area contributed by atoms with Gasteiger partial charge < -0.3 is 9.47 Å². The number of rotatable bonds is 2. The summed E-state index contributed by atoms with van der Waals surface area (Å²) in [6.07, 6.45) is 2.40. The second-order valence-electron chi connectivity index (χ2n) is 3.61. The molecule has 0 bridgehead atoms. The fourth-order valence-corrected chi connectivity index (χ4v) is 1.87. The molecule has 0 aliphatic carbocycles. The molecule has 16 heavy (non-hydrogen) atoms. The Morgan fingerprint density at radius 3 is 2.50 bits per heavy atom. The average molecular weight is 340 g/mol. The van der Waals surface area contributed by atoms with Crippen molar-refractivity contribution in [1.29, 1.82) is 0 Å². The number of hydrogen-bond donors (Lipinski definition) is 0. The second-order valence-corrected chi connectivity index (χ2v) is 4.69. The molecular weight excluding hydrogens is 329 g/mol. The zero-order valence-electron chi connectivity index (χ0n) is 8.51. The molecule has 1 aliphatic rings. The van der Waals surface area contributed by atoms with E-state index in [0.717, 1.165) is 19.3 Å². The van der Waals surface area contributed by atoms with E-state index < -0.39 is 11.6 Å². The van der Waals surface area contributed by atoms with E-state index in [1.54, 1.807) is 22.6 Å². The van der Waals surface area contributed by atoms with Gasteiger partial charge in [-0.05, 0) is 35.4 Å². The van der Waals surface area contributed by atoms with Crippen molar-refractivity contribution in [1.82, 2.24) is 0 Å². The van der Waals surface area contributed by atoms with Crippen LogP contribution in [0.5, 0.6) is 5.75 Å². The predicted octanol–water partition coefficient (Wildman–Crippen LogP) is 3.47. The lowest BCUT2D eigenvalue weighted by Crippen LogP contribution is -2.25. The van der Waals surface area contributed by atoms with Gasteiger partial charge in [-0.15, -0.1) is 0 Å². The van der Waals surface area contributed by atoms with Gasteiger partial charge in [0, 0.05) is 18.6 Å². The van der Waals surface area contributed by atoms with Crippen molar-refractivity contribution >= 4 is 22.6 Å². The molecule has 5 heteroatoms. The van der Waals surface area contributed by atoms with Crippen LogP contribution in [0, 0.1) is 15.2 Å². The molecule has 1 unspecified atom stereocenters. The largest absolute Gasteiger partial charge is 0.465 e.